The Morgan fingerprint density at radius 1 is 1.36 bits per heavy atom. The van der Waals surface area contributed by atoms with Crippen LogP contribution in [-0.4, -0.2) is 14.9 Å². The first kappa shape index (κ1) is 9.27. The van der Waals surface area contributed by atoms with Gasteiger partial charge in [-0.25, -0.2) is 0 Å². The van der Waals surface area contributed by atoms with E-state index < -0.39 is 0 Å². The zero-order chi connectivity index (χ0) is 10.1. The van der Waals surface area contributed by atoms with Crippen LogP contribution < -0.4 is 0 Å². The minimum atomic E-state index is 0.230. The average Bonchev–Trinajstić information content (AvgIpc) is 2.57. The Hall–Kier alpha value is -1.29. The summed E-state index contributed by atoms with van der Waals surface area (Å²) >= 11 is 3.33. The van der Waals surface area contributed by atoms with Gasteiger partial charge in [-0.2, -0.15) is 5.10 Å². The molecule has 0 amide bonds. The lowest BCUT2D eigenvalue weighted by Gasteiger charge is -2.02. The molecule has 0 saturated carbocycles. The van der Waals surface area contributed by atoms with Crippen molar-refractivity contribution in [1.29, 1.82) is 0 Å². The zero-order valence-corrected chi connectivity index (χ0v) is 9.19. The van der Waals surface area contributed by atoms with Crippen molar-refractivity contribution in [2.45, 2.75) is 0 Å². The molecule has 0 saturated heterocycles. The highest BCUT2D eigenvalue weighted by molar-refractivity contribution is 9.10. The highest BCUT2D eigenvalue weighted by atomic mass is 79.9. The number of nitrogens with zero attached hydrogens (tertiary/aromatic N) is 2. The van der Waals surface area contributed by atoms with Crippen molar-refractivity contribution < 1.29 is 5.11 Å². The minimum Gasteiger partial charge on any atom is -0.507 e. The first-order chi connectivity index (χ1) is 6.68. The molecule has 2 aromatic rings. The Morgan fingerprint density at radius 3 is 2.79 bits per heavy atom. The van der Waals surface area contributed by atoms with E-state index in [0.29, 0.717) is 4.47 Å². The van der Waals surface area contributed by atoms with E-state index in [1.807, 2.05) is 25.4 Å². The Labute approximate surface area is 90.1 Å². The summed E-state index contributed by atoms with van der Waals surface area (Å²) in [7, 11) is 1.86. The Balaban J connectivity index is 2.57. The number of phenolic OH excluding ortho intramolecular Hbond substituents is 1. The molecule has 0 radical (unpaired) electrons. The van der Waals surface area contributed by atoms with E-state index in [0.717, 1.165) is 11.3 Å². The van der Waals surface area contributed by atoms with Crippen molar-refractivity contribution in [2.75, 3.05) is 0 Å². The van der Waals surface area contributed by atoms with Gasteiger partial charge in [0.1, 0.15) is 5.75 Å². The van der Waals surface area contributed by atoms with Crippen LogP contribution in [0.1, 0.15) is 0 Å². The van der Waals surface area contributed by atoms with Crippen molar-refractivity contribution >= 4 is 15.9 Å². The molecule has 0 aliphatic rings. The lowest BCUT2D eigenvalue weighted by atomic mass is 10.1. The third kappa shape index (κ3) is 1.53. The van der Waals surface area contributed by atoms with Crippen LogP contribution in [0.2, 0.25) is 0 Å². The third-order valence-electron chi connectivity index (χ3n) is 1.97. The molecule has 0 unspecified atom stereocenters. The van der Waals surface area contributed by atoms with Crippen molar-refractivity contribution in [3.05, 3.63) is 34.9 Å². The summed E-state index contributed by atoms with van der Waals surface area (Å²) in [5, 5.41) is 13.7. The van der Waals surface area contributed by atoms with Crippen LogP contribution in [0.25, 0.3) is 11.3 Å². The molecule has 4 heteroatoms. The highest BCUT2D eigenvalue weighted by Gasteiger charge is 2.08. The Kier molecular flexibility index (Phi) is 2.29. The zero-order valence-electron chi connectivity index (χ0n) is 7.61. The van der Waals surface area contributed by atoms with Crippen LogP contribution in [0.3, 0.4) is 0 Å². The Morgan fingerprint density at radius 2 is 2.14 bits per heavy atom. The predicted molar refractivity (Wildman–Crippen MR) is 58.0 cm³/mol. The molecule has 0 aliphatic heterocycles. The smallest absolute Gasteiger partial charge is 0.130 e. The number of aromatic nitrogens is 2. The third-order valence-corrected chi connectivity index (χ3v) is 2.80. The molecule has 1 aromatic carbocycles. The van der Waals surface area contributed by atoms with E-state index in [1.165, 1.54) is 0 Å². The van der Waals surface area contributed by atoms with Crippen molar-refractivity contribution in [3.8, 4) is 17.0 Å². The first-order valence-corrected chi connectivity index (χ1v) is 4.95. The van der Waals surface area contributed by atoms with Gasteiger partial charge in [-0.1, -0.05) is 12.1 Å². The van der Waals surface area contributed by atoms with E-state index >= 15 is 0 Å². The van der Waals surface area contributed by atoms with E-state index in [1.54, 1.807) is 16.8 Å². The lowest BCUT2D eigenvalue weighted by Crippen LogP contribution is -1.88. The number of hydrogen-bond donors (Lipinski definition) is 1. The summed E-state index contributed by atoms with van der Waals surface area (Å²) in [4.78, 5) is 0. The summed E-state index contributed by atoms with van der Waals surface area (Å²) in [6, 6.07) is 7.24. The number of phenols is 1. The fraction of sp³-hybridized carbons (Fsp3) is 0.100. The molecule has 0 bridgehead atoms. The second-order valence-corrected chi connectivity index (χ2v) is 3.81. The lowest BCUT2D eigenvalue weighted by molar-refractivity contribution is 0.472. The molecule has 1 heterocycles. The second-order valence-electron chi connectivity index (χ2n) is 3.01. The van der Waals surface area contributed by atoms with Gasteiger partial charge in [-0.15, -0.1) is 0 Å². The summed E-state index contributed by atoms with van der Waals surface area (Å²) in [6.45, 7) is 0. The van der Waals surface area contributed by atoms with Gasteiger partial charge < -0.3 is 5.11 Å². The second kappa shape index (κ2) is 3.46. The van der Waals surface area contributed by atoms with E-state index in [-0.39, 0.29) is 5.75 Å². The molecule has 0 atom stereocenters. The van der Waals surface area contributed by atoms with Crippen LogP contribution in [0.5, 0.6) is 5.75 Å². The summed E-state index contributed by atoms with van der Waals surface area (Å²) in [5.41, 5.74) is 1.74. The molecular formula is C10H9BrN2O. The van der Waals surface area contributed by atoms with Crippen LogP contribution in [0, 0.1) is 0 Å². The molecule has 3 nitrogen and oxygen atoms in total. The number of rotatable bonds is 1. The summed E-state index contributed by atoms with van der Waals surface area (Å²) in [6.07, 6.45) is 1.87. The van der Waals surface area contributed by atoms with Crippen LogP contribution >= 0.6 is 15.9 Å². The minimum absolute atomic E-state index is 0.230. The molecule has 14 heavy (non-hydrogen) atoms. The van der Waals surface area contributed by atoms with Gasteiger partial charge in [0, 0.05) is 18.8 Å². The van der Waals surface area contributed by atoms with E-state index in [9.17, 15) is 5.11 Å². The molecule has 1 N–H and O–H groups in total. The van der Waals surface area contributed by atoms with Crippen molar-refractivity contribution in [2.24, 2.45) is 7.05 Å². The average molecular weight is 253 g/mol. The number of benzene rings is 1. The molecule has 1 aromatic heterocycles. The first-order valence-electron chi connectivity index (χ1n) is 4.16. The van der Waals surface area contributed by atoms with Crippen molar-refractivity contribution in [3.63, 3.8) is 0 Å². The maximum Gasteiger partial charge on any atom is 0.130 e. The SMILES string of the molecule is Cn1ccc(-c2cccc(O)c2Br)n1. The summed E-state index contributed by atoms with van der Waals surface area (Å²) < 4.78 is 2.41. The Bertz CT molecular complexity index is 465. The fourth-order valence-electron chi connectivity index (χ4n) is 1.28. The van der Waals surface area contributed by atoms with Gasteiger partial charge in [0.15, 0.2) is 0 Å². The molecular weight excluding hydrogens is 244 g/mol. The topological polar surface area (TPSA) is 38.0 Å². The van der Waals surface area contributed by atoms with Gasteiger partial charge >= 0.3 is 0 Å². The van der Waals surface area contributed by atoms with Crippen LogP contribution in [-0.2, 0) is 7.05 Å². The number of aromatic hydroxyl groups is 1. The van der Waals surface area contributed by atoms with Gasteiger partial charge in [-0.3, -0.25) is 4.68 Å². The fourth-order valence-corrected chi connectivity index (χ4v) is 1.74. The quantitative estimate of drug-likeness (QED) is 0.848. The molecule has 72 valence electrons. The van der Waals surface area contributed by atoms with Gasteiger partial charge in [0.2, 0.25) is 0 Å². The van der Waals surface area contributed by atoms with Crippen LogP contribution in [0.4, 0.5) is 0 Å². The number of aryl methyl sites for hydroxylation is 1. The highest BCUT2D eigenvalue weighted by Crippen LogP contribution is 2.33. The van der Waals surface area contributed by atoms with Gasteiger partial charge in [-0.05, 0) is 28.1 Å². The standard InChI is InChI=1S/C10H9BrN2O/c1-13-6-5-8(12-13)7-3-2-4-9(14)10(7)11/h2-6,14H,1H3. The van der Waals surface area contributed by atoms with Gasteiger partial charge in [0.05, 0.1) is 10.2 Å². The predicted octanol–water partition coefficient (Wildman–Crippen LogP) is 2.56. The summed E-state index contributed by atoms with van der Waals surface area (Å²) in [5.74, 6) is 0.230. The van der Waals surface area contributed by atoms with E-state index in [4.69, 9.17) is 0 Å². The molecule has 2 rings (SSSR count). The largest absolute Gasteiger partial charge is 0.507 e. The normalized spacial score (nSPS) is 10.4. The van der Waals surface area contributed by atoms with Crippen LogP contribution in [0.15, 0.2) is 34.9 Å². The van der Waals surface area contributed by atoms with E-state index in [2.05, 4.69) is 21.0 Å². The number of hydrogen-bond acceptors (Lipinski definition) is 2. The molecule has 0 fully saturated rings. The maximum atomic E-state index is 9.49. The maximum absolute atomic E-state index is 9.49. The number of halogens is 1. The van der Waals surface area contributed by atoms with Gasteiger partial charge in [0.25, 0.3) is 0 Å². The molecule has 0 spiro atoms. The monoisotopic (exact) mass is 252 g/mol. The molecule has 0 aliphatic carbocycles. The van der Waals surface area contributed by atoms with Crippen molar-refractivity contribution in [1.82, 2.24) is 9.78 Å².